The van der Waals surface area contributed by atoms with Crippen molar-refractivity contribution < 1.29 is 8.78 Å². The summed E-state index contributed by atoms with van der Waals surface area (Å²) in [6.07, 6.45) is 1.66. The lowest BCUT2D eigenvalue weighted by Crippen LogP contribution is -2.36. The van der Waals surface area contributed by atoms with E-state index in [2.05, 4.69) is 15.1 Å². The van der Waals surface area contributed by atoms with Crippen molar-refractivity contribution in [3.05, 3.63) is 17.7 Å². The normalized spacial score (nSPS) is 18.1. The topological polar surface area (TPSA) is 93.5 Å². The molecule has 0 bridgehead atoms. The van der Waals surface area contributed by atoms with Gasteiger partial charge in [0.15, 0.2) is 5.65 Å². The minimum absolute atomic E-state index is 0.115. The van der Waals surface area contributed by atoms with E-state index in [0.717, 1.165) is 0 Å². The van der Waals surface area contributed by atoms with Gasteiger partial charge in [0.05, 0.1) is 11.6 Å². The molecular formula is C12H14F2N6. The van der Waals surface area contributed by atoms with Gasteiger partial charge in [0.2, 0.25) is 5.92 Å². The summed E-state index contributed by atoms with van der Waals surface area (Å²) in [5.41, 5.74) is 6.39. The zero-order valence-corrected chi connectivity index (χ0v) is 10.9. The number of rotatable bonds is 3. The molecule has 1 saturated carbocycles. The molecule has 3 N–H and O–H groups in total. The van der Waals surface area contributed by atoms with Crippen LogP contribution in [-0.2, 0) is 13.5 Å². The van der Waals surface area contributed by atoms with Gasteiger partial charge in [-0.1, -0.05) is 0 Å². The Morgan fingerprint density at radius 1 is 1.50 bits per heavy atom. The van der Waals surface area contributed by atoms with E-state index < -0.39 is 5.92 Å². The van der Waals surface area contributed by atoms with Gasteiger partial charge in [-0.2, -0.15) is 5.10 Å². The van der Waals surface area contributed by atoms with E-state index in [-0.39, 0.29) is 24.6 Å². The molecule has 2 aromatic heterocycles. The lowest BCUT2D eigenvalue weighted by Gasteiger charge is -2.34. The molecule has 2 heterocycles. The third-order valence-corrected chi connectivity index (χ3v) is 3.54. The number of hydrogen-bond donors (Lipinski definition) is 2. The monoisotopic (exact) mass is 280 g/mol. The Kier molecular flexibility index (Phi) is 2.70. The van der Waals surface area contributed by atoms with E-state index in [4.69, 9.17) is 11.1 Å². The van der Waals surface area contributed by atoms with Crippen molar-refractivity contribution in [1.82, 2.24) is 19.7 Å². The second-order valence-corrected chi connectivity index (χ2v) is 5.24. The van der Waals surface area contributed by atoms with Crippen molar-refractivity contribution in [2.75, 3.05) is 0 Å². The molecule has 1 aliphatic rings. The number of halogens is 2. The Morgan fingerprint density at radius 3 is 2.80 bits per heavy atom. The highest BCUT2D eigenvalue weighted by Gasteiger charge is 2.45. The maximum Gasteiger partial charge on any atom is 0.248 e. The lowest BCUT2D eigenvalue weighted by atomic mass is 9.79. The summed E-state index contributed by atoms with van der Waals surface area (Å²) in [6, 6.07) is 0. The first kappa shape index (κ1) is 12.9. The summed E-state index contributed by atoms with van der Waals surface area (Å²) >= 11 is 0. The molecule has 8 heteroatoms. The maximum absolute atomic E-state index is 12.9. The molecule has 0 aromatic carbocycles. The summed E-state index contributed by atoms with van der Waals surface area (Å²) in [4.78, 5) is 8.56. The number of nitrogens with two attached hydrogens (primary N) is 1. The Balaban J connectivity index is 1.95. The average Bonchev–Trinajstić information content (AvgIpc) is 2.68. The predicted octanol–water partition coefficient (Wildman–Crippen LogP) is 1.24. The Labute approximate surface area is 113 Å². The highest BCUT2D eigenvalue weighted by molar-refractivity contribution is 6.03. The molecule has 0 amide bonds. The van der Waals surface area contributed by atoms with Crippen LogP contribution in [0.1, 0.15) is 24.4 Å². The lowest BCUT2D eigenvalue weighted by molar-refractivity contribution is -0.110. The van der Waals surface area contributed by atoms with Crippen molar-refractivity contribution in [3.8, 4) is 0 Å². The zero-order chi connectivity index (χ0) is 14.5. The quantitative estimate of drug-likeness (QED) is 0.653. The van der Waals surface area contributed by atoms with E-state index in [1.807, 2.05) is 0 Å². The van der Waals surface area contributed by atoms with Gasteiger partial charge in [-0.15, -0.1) is 0 Å². The number of nitrogens with zero attached hydrogens (tertiary/aromatic N) is 4. The zero-order valence-electron chi connectivity index (χ0n) is 10.9. The van der Waals surface area contributed by atoms with E-state index in [1.165, 1.54) is 0 Å². The number of alkyl halides is 2. The number of nitrogen functional groups attached to an aromatic ring is 1. The second-order valence-electron chi connectivity index (χ2n) is 5.24. The molecule has 0 unspecified atom stereocenters. The molecule has 0 aliphatic heterocycles. The summed E-state index contributed by atoms with van der Waals surface area (Å²) in [5.74, 6) is -2.40. The van der Waals surface area contributed by atoms with Gasteiger partial charge >= 0.3 is 0 Å². The van der Waals surface area contributed by atoms with Crippen LogP contribution in [0.2, 0.25) is 0 Å². The van der Waals surface area contributed by atoms with Crippen LogP contribution in [0.4, 0.5) is 8.78 Å². The maximum atomic E-state index is 12.9. The number of aryl methyl sites for hydroxylation is 1. The number of fused-ring (bicyclic) bond motifs is 1. The molecule has 0 saturated heterocycles. The molecule has 0 atom stereocenters. The van der Waals surface area contributed by atoms with Crippen molar-refractivity contribution >= 4 is 16.9 Å². The van der Waals surface area contributed by atoms with E-state index in [9.17, 15) is 8.78 Å². The van der Waals surface area contributed by atoms with E-state index >= 15 is 0 Å². The predicted molar refractivity (Wildman–Crippen MR) is 68.7 cm³/mol. The van der Waals surface area contributed by atoms with Gasteiger partial charge in [-0.05, 0) is 5.92 Å². The molecule has 0 spiro atoms. The van der Waals surface area contributed by atoms with Gasteiger partial charge in [-0.3, -0.25) is 10.1 Å². The number of nitrogens with one attached hydrogen (secondary N) is 1. The Hall–Kier alpha value is -2.12. The molecule has 0 radical (unpaired) electrons. The fourth-order valence-electron chi connectivity index (χ4n) is 2.55. The van der Waals surface area contributed by atoms with Crippen molar-refractivity contribution in [2.45, 2.75) is 25.2 Å². The van der Waals surface area contributed by atoms with Crippen LogP contribution in [-0.4, -0.2) is 31.5 Å². The number of aromatic nitrogens is 4. The van der Waals surface area contributed by atoms with Crippen LogP contribution < -0.4 is 5.73 Å². The van der Waals surface area contributed by atoms with Crippen LogP contribution in [0.5, 0.6) is 0 Å². The van der Waals surface area contributed by atoms with Crippen LogP contribution in [0.25, 0.3) is 11.0 Å². The number of amidine groups is 1. The fraction of sp³-hybridized carbons (Fsp3) is 0.500. The van der Waals surface area contributed by atoms with Crippen molar-refractivity contribution in [1.29, 1.82) is 5.41 Å². The molecule has 3 rings (SSSR count). The first-order valence-electron chi connectivity index (χ1n) is 6.26. The Morgan fingerprint density at radius 2 is 2.20 bits per heavy atom. The molecule has 20 heavy (non-hydrogen) atoms. The van der Waals surface area contributed by atoms with Crippen molar-refractivity contribution in [3.63, 3.8) is 0 Å². The van der Waals surface area contributed by atoms with Gasteiger partial charge in [-0.25, -0.2) is 18.7 Å². The molecule has 2 aromatic rings. The molecule has 106 valence electrons. The average molecular weight is 280 g/mol. The third kappa shape index (κ3) is 2.10. The Bertz CT molecular complexity index is 685. The first-order chi connectivity index (χ1) is 9.35. The first-order valence-corrected chi connectivity index (χ1v) is 6.26. The van der Waals surface area contributed by atoms with Crippen LogP contribution in [0.3, 0.4) is 0 Å². The van der Waals surface area contributed by atoms with Gasteiger partial charge in [0, 0.05) is 26.3 Å². The highest BCUT2D eigenvalue weighted by atomic mass is 19.3. The smallest absolute Gasteiger partial charge is 0.248 e. The largest absolute Gasteiger partial charge is 0.382 e. The summed E-state index contributed by atoms with van der Waals surface area (Å²) < 4.78 is 27.3. The molecule has 6 nitrogen and oxygen atoms in total. The molecular weight excluding hydrogens is 266 g/mol. The van der Waals surface area contributed by atoms with Crippen LogP contribution in [0.15, 0.2) is 6.20 Å². The number of hydrogen-bond acceptors (Lipinski definition) is 4. The summed E-state index contributed by atoms with van der Waals surface area (Å²) in [5, 5.41) is 12.2. The minimum Gasteiger partial charge on any atom is -0.382 e. The van der Waals surface area contributed by atoms with Crippen LogP contribution >= 0.6 is 0 Å². The van der Waals surface area contributed by atoms with Gasteiger partial charge < -0.3 is 5.73 Å². The van der Waals surface area contributed by atoms with Crippen LogP contribution in [0, 0.1) is 11.3 Å². The summed E-state index contributed by atoms with van der Waals surface area (Å²) in [7, 11) is 1.72. The van der Waals surface area contributed by atoms with Gasteiger partial charge in [0.25, 0.3) is 0 Å². The molecule has 1 fully saturated rings. The fourth-order valence-corrected chi connectivity index (χ4v) is 2.55. The minimum atomic E-state index is -2.55. The van der Waals surface area contributed by atoms with Crippen molar-refractivity contribution in [2.24, 2.45) is 18.7 Å². The van der Waals surface area contributed by atoms with Gasteiger partial charge in [0.1, 0.15) is 17.4 Å². The molecule has 1 aliphatic carbocycles. The summed E-state index contributed by atoms with van der Waals surface area (Å²) in [6.45, 7) is 0. The SMILES string of the molecule is Cn1ncc2c(C(=N)N)nc(CC3CC(F)(F)C3)nc21. The van der Waals surface area contributed by atoms with E-state index in [0.29, 0.717) is 29.0 Å². The van der Waals surface area contributed by atoms with E-state index in [1.54, 1.807) is 17.9 Å². The second kappa shape index (κ2) is 4.19. The highest BCUT2D eigenvalue weighted by Crippen LogP contribution is 2.43. The third-order valence-electron chi connectivity index (χ3n) is 3.54. The standard InChI is InChI=1S/C12H14F2N6/c1-20-11-7(5-17-20)9(10(15)16)18-8(19-11)2-6-3-12(13,14)4-6/h5-6H,2-4H2,1H3,(H3,15,16).